The molecule has 29 heavy (non-hydrogen) atoms. The second kappa shape index (κ2) is 9.47. The number of hydrogen-bond donors (Lipinski definition) is 1. The lowest BCUT2D eigenvalue weighted by Crippen LogP contribution is -2.42. The molecule has 1 aromatic heterocycles. The molecule has 1 amide bonds. The monoisotopic (exact) mass is 456 g/mol. The van der Waals surface area contributed by atoms with Gasteiger partial charge in [0.05, 0.1) is 11.4 Å². The van der Waals surface area contributed by atoms with E-state index in [9.17, 15) is 13.2 Å². The van der Waals surface area contributed by atoms with Gasteiger partial charge in [-0.15, -0.1) is 11.3 Å². The van der Waals surface area contributed by atoms with Gasteiger partial charge in [-0.1, -0.05) is 30.7 Å². The summed E-state index contributed by atoms with van der Waals surface area (Å²) in [5.41, 5.74) is 1.00. The first-order valence-corrected chi connectivity index (χ1v) is 12.1. The fraction of sp³-hybridized carbons (Fsp3) is 0.450. The Bertz CT molecular complexity index is 936. The summed E-state index contributed by atoms with van der Waals surface area (Å²) in [4.78, 5) is 12.6. The van der Waals surface area contributed by atoms with Gasteiger partial charge in [-0.2, -0.15) is 4.31 Å². The van der Waals surface area contributed by atoms with E-state index in [1.165, 1.54) is 4.31 Å². The lowest BCUT2D eigenvalue weighted by molar-refractivity contribution is -0.126. The molecule has 1 atom stereocenters. The number of nitrogens with zero attached hydrogens (tertiary/aromatic N) is 1. The van der Waals surface area contributed by atoms with E-state index in [4.69, 9.17) is 16.3 Å². The van der Waals surface area contributed by atoms with Crippen LogP contribution in [0.4, 0.5) is 0 Å². The molecule has 1 aromatic carbocycles. The summed E-state index contributed by atoms with van der Waals surface area (Å²) < 4.78 is 32.8. The minimum Gasteiger partial charge on any atom is -0.497 e. The molecular weight excluding hydrogens is 432 g/mol. The third-order valence-corrected chi connectivity index (χ3v) is 8.98. The Morgan fingerprint density at radius 3 is 2.45 bits per heavy atom. The van der Waals surface area contributed by atoms with Crippen LogP contribution in [0.2, 0.25) is 4.34 Å². The molecule has 0 unspecified atom stereocenters. The predicted molar refractivity (Wildman–Crippen MR) is 115 cm³/mol. The average molecular weight is 457 g/mol. The van der Waals surface area contributed by atoms with Crippen molar-refractivity contribution < 1.29 is 17.9 Å². The largest absolute Gasteiger partial charge is 0.497 e. The first-order chi connectivity index (χ1) is 13.8. The Balaban J connectivity index is 1.51. The quantitative estimate of drug-likeness (QED) is 0.688. The summed E-state index contributed by atoms with van der Waals surface area (Å²) in [5, 5.41) is 2.98. The first kappa shape index (κ1) is 22.1. The summed E-state index contributed by atoms with van der Waals surface area (Å²) >= 11 is 6.95. The van der Waals surface area contributed by atoms with Crippen molar-refractivity contribution in [3.8, 4) is 5.75 Å². The number of halogens is 1. The van der Waals surface area contributed by atoms with E-state index in [2.05, 4.69) is 5.32 Å². The Labute approximate surface area is 180 Å². The van der Waals surface area contributed by atoms with Crippen LogP contribution in [0.1, 0.15) is 25.3 Å². The number of carbonyl (C=O) groups is 1. The van der Waals surface area contributed by atoms with Crippen LogP contribution in [-0.4, -0.2) is 38.8 Å². The molecule has 6 nitrogen and oxygen atoms in total. The maximum absolute atomic E-state index is 12.7. The zero-order valence-corrected chi connectivity index (χ0v) is 18.8. The van der Waals surface area contributed by atoms with E-state index in [1.807, 2.05) is 31.2 Å². The van der Waals surface area contributed by atoms with Crippen molar-refractivity contribution >= 4 is 38.9 Å². The molecule has 1 saturated heterocycles. The lowest BCUT2D eigenvalue weighted by Gasteiger charge is -2.33. The standard InChI is InChI=1S/C20H25ClN2O4S2/c1-14(20(24)22-13-15-3-5-17(27-2)6-4-15)16-9-11-23(12-10-16)29(25,26)19-8-7-18(21)28-19/h3-8,14,16H,9-13H2,1-2H3,(H,22,24)/t14-/m1/s1. The van der Waals surface area contributed by atoms with Crippen LogP contribution < -0.4 is 10.1 Å². The van der Waals surface area contributed by atoms with Crippen LogP contribution >= 0.6 is 22.9 Å². The Morgan fingerprint density at radius 2 is 1.90 bits per heavy atom. The Morgan fingerprint density at radius 1 is 1.24 bits per heavy atom. The number of sulfonamides is 1. The number of rotatable bonds is 7. The van der Waals surface area contributed by atoms with E-state index in [-0.39, 0.29) is 22.0 Å². The second-order valence-electron chi connectivity index (χ2n) is 7.15. The topological polar surface area (TPSA) is 75.7 Å². The highest BCUT2D eigenvalue weighted by atomic mass is 35.5. The Kier molecular flexibility index (Phi) is 7.21. The number of thiophene rings is 1. The van der Waals surface area contributed by atoms with Crippen LogP contribution in [0.3, 0.4) is 0 Å². The molecule has 1 N–H and O–H groups in total. The molecule has 0 radical (unpaired) electrons. The van der Waals surface area contributed by atoms with Gasteiger partial charge in [0.2, 0.25) is 5.91 Å². The number of methoxy groups -OCH3 is 1. The molecule has 2 aromatic rings. The zero-order chi connectivity index (χ0) is 21.0. The van der Waals surface area contributed by atoms with Crippen molar-refractivity contribution in [2.45, 2.75) is 30.5 Å². The van der Waals surface area contributed by atoms with Gasteiger partial charge in [-0.05, 0) is 48.6 Å². The number of amides is 1. The van der Waals surface area contributed by atoms with Crippen LogP contribution in [0, 0.1) is 11.8 Å². The van der Waals surface area contributed by atoms with Gasteiger partial charge in [0.25, 0.3) is 10.0 Å². The molecular formula is C20H25ClN2O4S2. The third-order valence-electron chi connectivity index (χ3n) is 5.39. The van der Waals surface area contributed by atoms with Crippen LogP contribution in [0.5, 0.6) is 5.75 Å². The number of hydrogen-bond acceptors (Lipinski definition) is 5. The fourth-order valence-electron chi connectivity index (χ4n) is 3.49. The molecule has 9 heteroatoms. The number of piperidine rings is 1. The highest BCUT2D eigenvalue weighted by molar-refractivity contribution is 7.91. The van der Waals surface area contributed by atoms with Gasteiger partial charge in [-0.25, -0.2) is 8.42 Å². The highest BCUT2D eigenvalue weighted by Crippen LogP contribution is 2.32. The molecule has 0 bridgehead atoms. The molecule has 158 valence electrons. The molecule has 0 aliphatic carbocycles. The van der Waals surface area contributed by atoms with Gasteiger partial charge < -0.3 is 10.1 Å². The van der Waals surface area contributed by atoms with Crippen molar-refractivity contribution in [3.05, 3.63) is 46.3 Å². The third kappa shape index (κ3) is 5.31. The molecule has 2 heterocycles. The number of nitrogens with one attached hydrogen (secondary N) is 1. The molecule has 3 rings (SSSR count). The molecule has 1 aliphatic rings. The summed E-state index contributed by atoms with van der Waals surface area (Å²) in [6, 6.07) is 10.7. The fourth-order valence-corrected chi connectivity index (χ4v) is 6.59. The number of benzene rings is 1. The highest BCUT2D eigenvalue weighted by Gasteiger charge is 2.34. The van der Waals surface area contributed by atoms with E-state index in [1.54, 1.807) is 19.2 Å². The number of carbonyl (C=O) groups excluding carboxylic acids is 1. The smallest absolute Gasteiger partial charge is 0.252 e. The predicted octanol–water partition coefficient (Wildman–Crippen LogP) is 3.76. The van der Waals surface area contributed by atoms with Gasteiger partial charge in [-0.3, -0.25) is 4.79 Å². The Hall–Kier alpha value is -1.61. The summed E-state index contributed by atoms with van der Waals surface area (Å²) in [7, 11) is -1.89. The van der Waals surface area contributed by atoms with Crippen molar-refractivity contribution in [2.24, 2.45) is 11.8 Å². The average Bonchev–Trinajstić information content (AvgIpc) is 3.19. The lowest BCUT2D eigenvalue weighted by atomic mass is 9.85. The van der Waals surface area contributed by atoms with Crippen molar-refractivity contribution in [2.75, 3.05) is 20.2 Å². The normalized spacial score (nSPS) is 17.1. The maximum Gasteiger partial charge on any atom is 0.252 e. The van der Waals surface area contributed by atoms with E-state index in [0.29, 0.717) is 36.8 Å². The van der Waals surface area contributed by atoms with Crippen molar-refractivity contribution in [1.82, 2.24) is 9.62 Å². The van der Waals surface area contributed by atoms with Crippen molar-refractivity contribution in [1.29, 1.82) is 0 Å². The molecule has 0 saturated carbocycles. The number of ether oxygens (including phenoxy) is 1. The SMILES string of the molecule is COc1ccc(CNC(=O)[C@H](C)C2CCN(S(=O)(=O)c3ccc(Cl)s3)CC2)cc1. The summed E-state index contributed by atoms with van der Waals surface area (Å²) in [6.07, 6.45) is 1.32. The van der Waals surface area contributed by atoms with E-state index >= 15 is 0 Å². The van der Waals surface area contributed by atoms with Gasteiger partial charge in [0.1, 0.15) is 9.96 Å². The second-order valence-corrected chi connectivity index (χ2v) is 11.0. The summed E-state index contributed by atoms with van der Waals surface area (Å²) in [6.45, 7) is 3.20. The van der Waals surface area contributed by atoms with Crippen LogP contribution in [0.15, 0.2) is 40.6 Å². The summed E-state index contributed by atoms with van der Waals surface area (Å²) in [5.74, 6) is 0.755. The molecule has 0 spiro atoms. The van der Waals surface area contributed by atoms with Crippen molar-refractivity contribution in [3.63, 3.8) is 0 Å². The van der Waals surface area contributed by atoms with Gasteiger partial charge >= 0.3 is 0 Å². The minimum absolute atomic E-state index is 0.00726. The first-order valence-electron chi connectivity index (χ1n) is 9.47. The van der Waals surface area contributed by atoms with Crippen LogP contribution in [-0.2, 0) is 21.4 Å². The maximum atomic E-state index is 12.7. The zero-order valence-electron chi connectivity index (χ0n) is 16.4. The van der Waals surface area contributed by atoms with Gasteiger partial charge in [0, 0.05) is 25.6 Å². The van der Waals surface area contributed by atoms with Gasteiger partial charge in [0.15, 0.2) is 0 Å². The molecule has 1 aliphatic heterocycles. The van der Waals surface area contributed by atoms with Crippen LogP contribution in [0.25, 0.3) is 0 Å². The molecule has 1 fully saturated rings. The van der Waals surface area contributed by atoms with E-state index < -0.39 is 10.0 Å². The minimum atomic E-state index is -3.51. The van der Waals surface area contributed by atoms with E-state index in [0.717, 1.165) is 22.6 Å².